The first-order chi connectivity index (χ1) is 8.09. The number of phenols is 1. The van der Waals surface area contributed by atoms with Gasteiger partial charge in [0.15, 0.2) is 5.75 Å². The maximum absolute atomic E-state index is 10.7. The third-order valence-corrected chi connectivity index (χ3v) is 3.49. The van der Waals surface area contributed by atoms with Crippen LogP contribution in [-0.4, -0.2) is 10.0 Å². The molecule has 1 fully saturated rings. The average Bonchev–Trinajstić information content (AvgIpc) is 2.81. The van der Waals surface area contributed by atoms with Gasteiger partial charge in [-0.2, -0.15) is 0 Å². The first-order valence-corrected chi connectivity index (χ1v) is 5.82. The molecule has 0 spiro atoms. The second-order valence-electron chi connectivity index (χ2n) is 4.58. The van der Waals surface area contributed by atoms with Crippen molar-refractivity contribution in [3.05, 3.63) is 33.9 Å². The number of rotatable bonds is 3. The smallest absolute Gasteiger partial charge is 0.311 e. The molecule has 0 heterocycles. The van der Waals surface area contributed by atoms with Crippen molar-refractivity contribution in [3.8, 4) is 5.75 Å². The summed E-state index contributed by atoms with van der Waals surface area (Å²) >= 11 is 0. The van der Waals surface area contributed by atoms with E-state index in [0.717, 1.165) is 18.4 Å². The molecule has 0 bridgehead atoms. The predicted octanol–water partition coefficient (Wildman–Crippen LogP) is 2.49. The standard InChI is InChI=1S/C12H16N2O3/c13-12(8-3-1-2-4-8)9-5-6-11(15)10(7-9)14(16)17/h5-8,12,15H,1-4,13H2/t12-/m1/s1. The van der Waals surface area contributed by atoms with Crippen LogP contribution in [-0.2, 0) is 0 Å². The minimum Gasteiger partial charge on any atom is -0.502 e. The van der Waals surface area contributed by atoms with Gasteiger partial charge in [0.2, 0.25) is 0 Å². The Morgan fingerprint density at radius 1 is 1.41 bits per heavy atom. The largest absolute Gasteiger partial charge is 0.502 e. The fraction of sp³-hybridized carbons (Fsp3) is 0.500. The Morgan fingerprint density at radius 3 is 2.65 bits per heavy atom. The Hall–Kier alpha value is -1.62. The van der Waals surface area contributed by atoms with Crippen molar-refractivity contribution >= 4 is 5.69 Å². The molecular formula is C12H16N2O3. The number of hydrogen-bond donors (Lipinski definition) is 2. The van der Waals surface area contributed by atoms with Crippen molar-refractivity contribution in [2.75, 3.05) is 0 Å². The van der Waals surface area contributed by atoms with Crippen LogP contribution in [0.4, 0.5) is 5.69 Å². The van der Waals surface area contributed by atoms with E-state index < -0.39 is 4.92 Å². The van der Waals surface area contributed by atoms with Crippen LogP contribution in [0.2, 0.25) is 0 Å². The summed E-state index contributed by atoms with van der Waals surface area (Å²) in [5.41, 5.74) is 6.58. The van der Waals surface area contributed by atoms with Crippen LogP contribution >= 0.6 is 0 Å². The third kappa shape index (κ3) is 2.39. The van der Waals surface area contributed by atoms with Crippen molar-refractivity contribution in [3.63, 3.8) is 0 Å². The highest BCUT2D eigenvalue weighted by molar-refractivity contribution is 5.48. The predicted molar refractivity (Wildman–Crippen MR) is 63.6 cm³/mol. The summed E-state index contributed by atoms with van der Waals surface area (Å²) in [7, 11) is 0. The molecule has 5 nitrogen and oxygen atoms in total. The molecular weight excluding hydrogens is 220 g/mol. The van der Waals surface area contributed by atoms with Crippen molar-refractivity contribution < 1.29 is 10.0 Å². The van der Waals surface area contributed by atoms with E-state index in [2.05, 4.69) is 0 Å². The monoisotopic (exact) mass is 236 g/mol. The molecule has 3 N–H and O–H groups in total. The summed E-state index contributed by atoms with van der Waals surface area (Å²) in [6.07, 6.45) is 4.52. The van der Waals surface area contributed by atoms with Gasteiger partial charge in [0, 0.05) is 12.1 Å². The second-order valence-corrected chi connectivity index (χ2v) is 4.58. The number of nitrogens with zero attached hydrogens (tertiary/aromatic N) is 1. The van der Waals surface area contributed by atoms with Crippen molar-refractivity contribution in [1.82, 2.24) is 0 Å². The molecule has 92 valence electrons. The van der Waals surface area contributed by atoms with Gasteiger partial charge in [0.1, 0.15) is 0 Å². The van der Waals surface area contributed by atoms with E-state index in [1.807, 2.05) is 0 Å². The minimum atomic E-state index is -0.583. The van der Waals surface area contributed by atoms with E-state index >= 15 is 0 Å². The molecule has 1 aromatic carbocycles. The normalized spacial score (nSPS) is 18.2. The zero-order valence-corrected chi connectivity index (χ0v) is 9.50. The van der Waals surface area contributed by atoms with Crippen LogP contribution in [0.15, 0.2) is 18.2 Å². The number of hydrogen-bond acceptors (Lipinski definition) is 4. The van der Waals surface area contributed by atoms with Gasteiger partial charge in [-0.25, -0.2) is 0 Å². The zero-order valence-electron chi connectivity index (χ0n) is 9.50. The summed E-state index contributed by atoms with van der Waals surface area (Å²) in [6, 6.07) is 4.24. The topological polar surface area (TPSA) is 89.4 Å². The zero-order chi connectivity index (χ0) is 12.4. The number of benzene rings is 1. The van der Waals surface area contributed by atoms with Gasteiger partial charge in [0.25, 0.3) is 0 Å². The molecule has 0 radical (unpaired) electrons. The van der Waals surface area contributed by atoms with Gasteiger partial charge in [-0.15, -0.1) is 0 Å². The molecule has 1 aliphatic rings. The maximum Gasteiger partial charge on any atom is 0.311 e. The molecule has 1 aliphatic carbocycles. The fourth-order valence-corrected chi connectivity index (χ4v) is 2.48. The molecule has 17 heavy (non-hydrogen) atoms. The lowest BCUT2D eigenvalue weighted by molar-refractivity contribution is -0.385. The molecule has 1 aromatic rings. The molecule has 0 aliphatic heterocycles. The lowest BCUT2D eigenvalue weighted by Crippen LogP contribution is -2.19. The van der Waals surface area contributed by atoms with Crippen LogP contribution < -0.4 is 5.73 Å². The maximum atomic E-state index is 10.7. The van der Waals surface area contributed by atoms with Crippen LogP contribution in [0.1, 0.15) is 37.3 Å². The summed E-state index contributed by atoms with van der Waals surface area (Å²) < 4.78 is 0. The van der Waals surface area contributed by atoms with Crippen LogP contribution in [0.3, 0.4) is 0 Å². The number of nitro groups is 1. The molecule has 1 saturated carbocycles. The molecule has 0 saturated heterocycles. The molecule has 1 atom stereocenters. The number of phenolic OH excluding ortho intramolecular Hbond substituents is 1. The van der Waals surface area contributed by atoms with E-state index in [0.29, 0.717) is 5.92 Å². The summed E-state index contributed by atoms with van der Waals surface area (Å²) in [4.78, 5) is 10.1. The highest BCUT2D eigenvalue weighted by Gasteiger charge is 2.25. The Balaban J connectivity index is 2.26. The second kappa shape index (κ2) is 4.71. The Morgan fingerprint density at radius 2 is 2.06 bits per heavy atom. The van der Waals surface area contributed by atoms with Gasteiger partial charge in [-0.1, -0.05) is 18.9 Å². The van der Waals surface area contributed by atoms with Crippen molar-refractivity contribution in [2.24, 2.45) is 11.7 Å². The Bertz CT molecular complexity index is 428. The van der Waals surface area contributed by atoms with Gasteiger partial charge < -0.3 is 10.8 Å². The Kier molecular flexibility index (Phi) is 3.28. The lowest BCUT2D eigenvalue weighted by atomic mass is 9.92. The highest BCUT2D eigenvalue weighted by Crippen LogP contribution is 2.36. The fourth-order valence-electron chi connectivity index (χ4n) is 2.48. The molecule has 0 aromatic heterocycles. The first kappa shape index (κ1) is 11.9. The van der Waals surface area contributed by atoms with E-state index in [4.69, 9.17) is 5.73 Å². The number of nitrogens with two attached hydrogens (primary N) is 1. The minimum absolute atomic E-state index is 0.170. The van der Waals surface area contributed by atoms with Crippen LogP contribution in [0.5, 0.6) is 5.75 Å². The van der Waals surface area contributed by atoms with Crippen LogP contribution in [0, 0.1) is 16.0 Å². The number of aromatic hydroxyl groups is 1. The molecule has 5 heteroatoms. The van der Waals surface area contributed by atoms with Gasteiger partial charge in [0.05, 0.1) is 4.92 Å². The van der Waals surface area contributed by atoms with E-state index in [1.165, 1.54) is 25.0 Å². The van der Waals surface area contributed by atoms with E-state index in [-0.39, 0.29) is 17.5 Å². The summed E-state index contributed by atoms with van der Waals surface area (Å²) in [5.74, 6) is 0.0940. The summed E-state index contributed by atoms with van der Waals surface area (Å²) in [5, 5.41) is 20.1. The van der Waals surface area contributed by atoms with Crippen molar-refractivity contribution in [1.29, 1.82) is 0 Å². The highest BCUT2D eigenvalue weighted by atomic mass is 16.6. The average molecular weight is 236 g/mol. The van der Waals surface area contributed by atoms with Crippen LogP contribution in [0.25, 0.3) is 0 Å². The summed E-state index contributed by atoms with van der Waals surface area (Å²) in [6.45, 7) is 0. The van der Waals surface area contributed by atoms with E-state index in [1.54, 1.807) is 6.07 Å². The molecule has 2 rings (SSSR count). The molecule has 0 amide bonds. The Labute approximate surface area is 99.4 Å². The number of nitro benzene ring substituents is 1. The molecule has 0 unspecified atom stereocenters. The lowest BCUT2D eigenvalue weighted by Gasteiger charge is -2.19. The van der Waals surface area contributed by atoms with Gasteiger partial charge in [-0.05, 0) is 30.4 Å². The van der Waals surface area contributed by atoms with E-state index in [9.17, 15) is 15.2 Å². The van der Waals surface area contributed by atoms with Crippen molar-refractivity contribution in [2.45, 2.75) is 31.7 Å². The quantitative estimate of drug-likeness (QED) is 0.623. The first-order valence-electron chi connectivity index (χ1n) is 5.82. The SMILES string of the molecule is N[C@@H](c1ccc(O)c([N+](=O)[O-])c1)C1CCCC1. The van der Waals surface area contributed by atoms with Gasteiger partial charge in [-0.3, -0.25) is 10.1 Å². The third-order valence-electron chi connectivity index (χ3n) is 3.49. The van der Waals surface area contributed by atoms with Gasteiger partial charge >= 0.3 is 5.69 Å².